The highest BCUT2D eigenvalue weighted by molar-refractivity contribution is 4.88. The molecule has 98 valence electrons. The molecule has 0 radical (unpaired) electrons. The van der Waals surface area contributed by atoms with Gasteiger partial charge in [0, 0.05) is 25.7 Å². The zero-order valence-corrected chi connectivity index (χ0v) is 11.5. The van der Waals surface area contributed by atoms with Gasteiger partial charge in [0.05, 0.1) is 0 Å². The van der Waals surface area contributed by atoms with Crippen molar-refractivity contribution in [3.05, 3.63) is 25.3 Å². The third kappa shape index (κ3) is 4.64. The SMILES string of the molecule is C=CCN(CC=C)CC1CC(C)CCC1NC. The van der Waals surface area contributed by atoms with Crippen molar-refractivity contribution in [1.29, 1.82) is 0 Å². The smallest absolute Gasteiger partial charge is 0.0164 e. The standard InChI is InChI=1S/C15H28N2/c1-5-9-17(10-6-2)12-14-11-13(3)7-8-15(14)16-4/h5-6,13-16H,1-2,7-12H2,3-4H3. The summed E-state index contributed by atoms with van der Waals surface area (Å²) in [4.78, 5) is 2.44. The molecule has 17 heavy (non-hydrogen) atoms. The van der Waals surface area contributed by atoms with Gasteiger partial charge >= 0.3 is 0 Å². The van der Waals surface area contributed by atoms with Crippen LogP contribution in [-0.2, 0) is 0 Å². The number of hydrogen-bond acceptors (Lipinski definition) is 2. The van der Waals surface area contributed by atoms with E-state index >= 15 is 0 Å². The van der Waals surface area contributed by atoms with Crippen molar-refractivity contribution in [2.24, 2.45) is 11.8 Å². The van der Waals surface area contributed by atoms with Crippen LogP contribution >= 0.6 is 0 Å². The van der Waals surface area contributed by atoms with E-state index in [9.17, 15) is 0 Å². The molecule has 0 aromatic rings. The van der Waals surface area contributed by atoms with Crippen molar-refractivity contribution >= 4 is 0 Å². The van der Waals surface area contributed by atoms with Gasteiger partial charge in [-0.15, -0.1) is 13.2 Å². The molecule has 0 aliphatic heterocycles. The highest BCUT2D eigenvalue weighted by atomic mass is 15.1. The first-order valence-corrected chi connectivity index (χ1v) is 6.82. The van der Waals surface area contributed by atoms with Crippen molar-refractivity contribution in [2.45, 2.75) is 32.2 Å². The lowest BCUT2D eigenvalue weighted by atomic mass is 9.78. The Kier molecular flexibility index (Phi) is 6.53. The molecule has 3 atom stereocenters. The maximum absolute atomic E-state index is 3.84. The first-order chi connectivity index (χ1) is 8.21. The number of rotatable bonds is 7. The predicted molar refractivity (Wildman–Crippen MR) is 76.2 cm³/mol. The molecule has 2 nitrogen and oxygen atoms in total. The van der Waals surface area contributed by atoms with Crippen LogP contribution < -0.4 is 5.32 Å². The van der Waals surface area contributed by atoms with Gasteiger partial charge in [0.25, 0.3) is 0 Å². The molecule has 1 fully saturated rings. The van der Waals surface area contributed by atoms with E-state index in [4.69, 9.17) is 0 Å². The van der Waals surface area contributed by atoms with Gasteiger partial charge in [-0.3, -0.25) is 4.90 Å². The van der Waals surface area contributed by atoms with Crippen LogP contribution in [0.3, 0.4) is 0 Å². The van der Waals surface area contributed by atoms with Crippen molar-refractivity contribution in [2.75, 3.05) is 26.7 Å². The van der Waals surface area contributed by atoms with Gasteiger partial charge in [-0.1, -0.05) is 19.1 Å². The molecule has 0 heterocycles. The molecule has 1 saturated carbocycles. The lowest BCUT2D eigenvalue weighted by molar-refractivity contribution is 0.164. The van der Waals surface area contributed by atoms with E-state index in [1.165, 1.54) is 19.3 Å². The minimum absolute atomic E-state index is 0.684. The Balaban J connectivity index is 2.53. The fourth-order valence-electron chi connectivity index (χ4n) is 3.00. The zero-order chi connectivity index (χ0) is 12.7. The summed E-state index contributed by atoms with van der Waals surface area (Å²) in [7, 11) is 2.10. The summed E-state index contributed by atoms with van der Waals surface area (Å²) in [5, 5.41) is 3.49. The average molecular weight is 236 g/mol. The minimum atomic E-state index is 0.684. The fourth-order valence-corrected chi connectivity index (χ4v) is 3.00. The molecule has 0 bridgehead atoms. The first kappa shape index (κ1) is 14.5. The first-order valence-electron chi connectivity index (χ1n) is 6.82. The molecule has 0 saturated heterocycles. The van der Waals surface area contributed by atoms with Gasteiger partial charge < -0.3 is 5.32 Å². The van der Waals surface area contributed by atoms with Crippen LogP contribution in [0, 0.1) is 11.8 Å². The van der Waals surface area contributed by atoms with E-state index in [-0.39, 0.29) is 0 Å². The summed E-state index contributed by atoms with van der Waals surface area (Å²) in [5.41, 5.74) is 0. The molecular formula is C15H28N2. The van der Waals surface area contributed by atoms with E-state index in [0.29, 0.717) is 6.04 Å². The Bertz CT molecular complexity index is 227. The van der Waals surface area contributed by atoms with Gasteiger partial charge in [0.1, 0.15) is 0 Å². The molecule has 2 heteroatoms. The molecular weight excluding hydrogens is 208 g/mol. The van der Waals surface area contributed by atoms with Crippen molar-refractivity contribution < 1.29 is 0 Å². The fraction of sp³-hybridized carbons (Fsp3) is 0.733. The minimum Gasteiger partial charge on any atom is -0.317 e. The molecule has 0 spiro atoms. The third-order valence-corrected chi connectivity index (χ3v) is 3.88. The summed E-state index contributed by atoms with van der Waals surface area (Å²) in [6, 6.07) is 0.684. The Morgan fingerprint density at radius 2 is 1.88 bits per heavy atom. The molecule has 1 rings (SSSR count). The second-order valence-corrected chi connectivity index (χ2v) is 5.37. The molecule has 3 unspecified atom stereocenters. The maximum Gasteiger partial charge on any atom is 0.0164 e. The molecule has 1 aliphatic carbocycles. The lowest BCUT2D eigenvalue weighted by Gasteiger charge is -2.37. The topological polar surface area (TPSA) is 15.3 Å². The Hall–Kier alpha value is -0.600. The van der Waals surface area contributed by atoms with Crippen LogP contribution in [-0.4, -0.2) is 37.6 Å². The summed E-state index contributed by atoms with van der Waals surface area (Å²) in [5.74, 6) is 1.64. The monoisotopic (exact) mass is 236 g/mol. The molecule has 0 aromatic heterocycles. The third-order valence-electron chi connectivity index (χ3n) is 3.88. The second-order valence-electron chi connectivity index (χ2n) is 5.37. The molecule has 1 N–H and O–H groups in total. The van der Waals surface area contributed by atoms with E-state index in [0.717, 1.165) is 31.5 Å². The van der Waals surface area contributed by atoms with E-state index in [1.54, 1.807) is 0 Å². The van der Waals surface area contributed by atoms with Crippen LogP contribution in [0.15, 0.2) is 25.3 Å². The van der Waals surface area contributed by atoms with Crippen LogP contribution in [0.5, 0.6) is 0 Å². The number of nitrogens with one attached hydrogen (secondary N) is 1. The van der Waals surface area contributed by atoms with Crippen LogP contribution in [0.2, 0.25) is 0 Å². The van der Waals surface area contributed by atoms with Crippen LogP contribution in [0.1, 0.15) is 26.2 Å². The Morgan fingerprint density at radius 3 is 2.41 bits per heavy atom. The second kappa shape index (κ2) is 7.67. The van der Waals surface area contributed by atoms with Crippen molar-refractivity contribution in [3.8, 4) is 0 Å². The Morgan fingerprint density at radius 1 is 1.24 bits per heavy atom. The van der Waals surface area contributed by atoms with Gasteiger partial charge in [-0.25, -0.2) is 0 Å². The highest BCUT2D eigenvalue weighted by Gasteiger charge is 2.28. The largest absolute Gasteiger partial charge is 0.317 e. The maximum atomic E-state index is 3.84. The molecule has 0 aromatic carbocycles. The van der Waals surface area contributed by atoms with Crippen molar-refractivity contribution in [1.82, 2.24) is 10.2 Å². The quantitative estimate of drug-likeness (QED) is 0.684. The summed E-state index contributed by atoms with van der Waals surface area (Å²) >= 11 is 0. The van der Waals surface area contributed by atoms with Gasteiger partial charge in [0.15, 0.2) is 0 Å². The van der Waals surface area contributed by atoms with Crippen LogP contribution in [0.25, 0.3) is 0 Å². The van der Waals surface area contributed by atoms with Gasteiger partial charge in [-0.05, 0) is 38.1 Å². The lowest BCUT2D eigenvalue weighted by Crippen LogP contribution is -2.44. The summed E-state index contributed by atoms with van der Waals surface area (Å²) < 4.78 is 0. The summed E-state index contributed by atoms with van der Waals surface area (Å²) in [6.07, 6.45) is 8.01. The van der Waals surface area contributed by atoms with Gasteiger partial charge in [-0.2, -0.15) is 0 Å². The molecule has 0 amide bonds. The van der Waals surface area contributed by atoms with E-state index < -0.39 is 0 Å². The number of hydrogen-bond donors (Lipinski definition) is 1. The highest BCUT2D eigenvalue weighted by Crippen LogP contribution is 2.29. The van der Waals surface area contributed by atoms with E-state index in [1.807, 2.05) is 12.2 Å². The zero-order valence-electron chi connectivity index (χ0n) is 11.5. The summed E-state index contributed by atoms with van der Waals surface area (Å²) in [6.45, 7) is 13.1. The number of nitrogens with zero attached hydrogens (tertiary/aromatic N) is 1. The predicted octanol–water partition coefficient (Wildman–Crippen LogP) is 2.68. The van der Waals surface area contributed by atoms with Crippen LogP contribution in [0.4, 0.5) is 0 Å². The average Bonchev–Trinajstić information content (AvgIpc) is 2.30. The van der Waals surface area contributed by atoms with Crippen molar-refractivity contribution in [3.63, 3.8) is 0 Å². The van der Waals surface area contributed by atoms with E-state index in [2.05, 4.69) is 37.3 Å². The normalized spacial score (nSPS) is 29.2. The Labute approximate surface area is 107 Å². The molecule has 1 aliphatic rings. The van der Waals surface area contributed by atoms with Gasteiger partial charge in [0.2, 0.25) is 0 Å².